The fourth-order valence-corrected chi connectivity index (χ4v) is 4.34. The van der Waals surface area contributed by atoms with Crippen molar-refractivity contribution < 1.29 is 29.9 Å². The third-order valence-electron chi connectivity index (χ3n) is 6.15. The van der Waals surface area contributed by atoms with E-state index in [1.54, 1.807) is 9.80 Å². The van der Waals surface area contributed by atoms with Crippen LogP contribution in [0, 0.1) is 0 Å². The quantitative estimate of drug-likeness (QED) is 0.241. The third kappa shape index (κ3) is 6.02. The highest BCUT2D eigenvalue weighted by Crippen LogP contribution is 2.33. The highest BCUT2D eigenvalue weighted by molar-refractivity contribution is 5.95. The number of nitrogens with zero attached hydrogens (tertiary/aromatic N) is 8. The van der Waals surface area contributed by atoms with Gasteiger partial charge in [-0.2, -0.15) is 9.97 Å². The van der Waals surface area contributed by atoms with Crippen molar-refractivity contribution in [1.29, 1.82) is 0 Å². The lowest BCUT2D eigenvalue weighted by atomic mass is 10.3. The lowest BCUT2D eigenvalue weighted by Crippen LogP contribution is -2.39. The molecular formula is C22H36N8O6. The van der Waals surface area contributed by atoms with Gasteiger partial charge in [0.25, 0.3) is 0 Å². The van der Waals surface area contributed by atoms with E-state index in [0.29, 0.717) is 87.2 Å². The summed E-state index contributed by atoms with van der Waals surface area (Å²) in [7, 11) is 0. The van der Waals surface area contributed by atoms with Crippen LogP contribution in [0.1, 0.15) is 0 Å². The molecule has 200 valence electrons. The van der Waals surface area contributed by atoms with Crippen molar-refractivity contribution in [2.24, 2.45) is 0 Å². The molecule has 36 heavy (non-hydrogen) atoms. The van der Waals surface area contributed by atoms with E-state index in [2.05, 4.69) is 0 Å². The van der Waals surface area contributed by atoms with Gasteiger partial charge < -0.3 is 49.5 Å². The molecular weight excluding hydrogens is 472 g/mol. The normalized spacial score (nSPS) is 16.6. The molecule has 4 rings (SSSR count). The van der Waals surface area contributed by atoms with Crippen LogP contribution >= 0.6 is 0 Å². The number of anilines is 4. The van der Waals surface area contributed by atoms with Gasteiger partial charge in [-0.1, -0.05) is 0 Å². The maximum absolute atomic E-state index is 9.74. The van der Waals surface area contributed by atoms with Crippen molar-refractivity contribution in [1.82, 2.24) is 19.9 Å². The Morgan fingerprint density at radius 1 is 0.556 bits per heavy atom. The van der Waals surface area contributed by atoms with Crippen LogP contribution < -0.4 is 19.6 Å². The zero-order valence-corrected chi connectivity index (χ0v) is 20.5. The topological polar surface area (TPSA) is 164 Å². The highest BCUT2D eigenvalue weighted by Gasteiger charge is 2.26. The largest absolute Gasteiger partial charge is 0.395 e. The predicted octanol–water partition coefficient (Wildman–Crippen LogP) is -2.32. The van der Waals surface area contributed by atoms with Gasteiger partial charge in [-0.25, -0.2) is 9.97 Å². The van der Waals surface area contributed by atoms with Crippen molar-refractivity contribution in [2.75, 3.05) is 125 Å². The number of rotatable bonds is 12. The summed E-state index contributed by atoms with van der Waals surface area (Å²) in [5.74, 6) is 1.91. The Balaban J connectivity index is 1.95. The summed E-state index contributed by atoms with van der Waals surface area (Å²) < 4.78 is 11.0. The fraction of sp³-hybridized carbons (Fsp3) is 0.727. The molecule has 14 nitrogen and oxygen atoms in total. The molecule has 0 radical (unpaired) electrons. The maximum atomic E-state index is 9.74. The first-order valence-electron chi connectivity index (χ1n) is 12.4. The van der Waals surface area contributed by atoms with Crippen LogP contribution in [0.5, 0.6) is 0 Å². The van der Waals surface area contributed by atoms with Crippen molar-refractivity contribution >= 4 is 34.6 Å². The summed E-state index contributed by atoms with van der Waals surface area (Å²) in [6.45, 7) is 5.13. The molecule has 2 aliphatic heterocycles. The van der Waals surface area contributed by atoms with Crippen LogP contribution in [-0.2, 0) is 9.47 Å². The SMILES string of the molecule is OCCN(CCO)c1nc(N2CCOCC2)nc2c(N(CCO)CCO)nc(N3CCOCC3)nc12. The molecule has 14 heteroatoms. The van der Waals surface area contributed by atoms with E-state index in [9.17, 15) is 20.4 Å². The maximum Gasteiger partial charge on any atom is 0.228 e. The van der Waals surface area contributed by atoms with Gasteiger partial charge in [-0.05, 0) is 0 Å². The second kappa shape index (κ2) is 13.1. The van der Waals surface area contributed by atoms with Gasteiger partial charge in [0.1, 0.15) is 11.0 Å². The Morgan fingerprint density at radius 3 is 1.19 bits per heavy atom. The molecule has 0 unspecified atom stereocenters. The van der Waals surface area contributed by atoms with Gasteiger partial charge >= 0.3 is 0 Å². The minimum atomic E-state index is -0.131. The molecule has 2 aliphatic rings. The molecule has 0 spiro atoms. The Morgan fingerprint density at radius 2 is 0.889 bits per heavy atom. The Kier molecular flexibility index (Phi) is 9.60. The molecule has 0 saturated carbocycles. The monoisotopic (exact) mass is 508 g/mol. The van der Waals surface area contributed by atoms with E-state index in [4.69, 9.17) is 29.4 Å². The van der Waals surface area contributed by atoms with E-state index >= 15 is 0 Å². The Bertz CT molecular complexity index is 884. The van der Waals surface area contributed by atoms with Crippen LogP contribution in [0.3, 0.4) is 0 Å². The zero-order chi connectivity index (χ0) is 25.3. The van der Waals surface area contributed by atoms with Crippen LogP contribution in [0.25, 0.3) is 11.0 Å². The average molecular weight is 509 g/mol. The van der Waals surface area contributed by atoms with E-state index in [-0.39, 0.29) is 52.6 Å². The van der Waals surface area contributed by atoms with Gasteiger partial charge in [0.2, 0.25) is 11.9 Å². The first-order valence-corrected chi connectivity index (χ1v) is 12.4. The summed E-state index contributed by atoms with van der Waals surface area (Å²) >= 11 is 0. The smallest absolute Gasteiger partial charge is 0.228 e. The molecule has 0 aromatic carbocycles. The molecule has 0 aliphatic carbocycles. The first kappa shape index (κ1) is 26.4. The number of aromatic nitrogens is 4. The number of hydrogen-bond acceptors (Lipinski definition) is 14. The van der Waals surface area contributed by atoms with Gasteiger partial charge in [0.15, 0.2) is 11.6 Å². The summed E-state index contributed by atoms with van der Waals surface area (Å²) in [5.41, 5.74) is 0.947. The van der Waals surface area contributed by atoms with Crippen molar-refractivity contribution in [2.45, 2.75) is 0 Å². The predicted molar refractivity (Wildman–Crippen MR) is 134 cm³/mol. The number of aliphatic hydroxyl groups excluding tert-OH is 4. The molecule has 0 bridgehead atoms. The number of fused-ring (bicyclic) bond motifs is 1. The molecule has 2 aromatic rings. The number of ether oxygens (including phenoxy) is 2. The van der Waals surface area contributed by atoms with E-state index < -0.39 is 0 Å². The fourth-order valence-electron chi connectivity index (χ4n) is 4.34. The van der Waals surface area contributed by atoms with Crippen LogP contribution in [-0.4, -0.2) is 146 Å². The highest BCUT2D eigenvalue weighted by atomic mass is 16.5. The molecule has 4 N–H and O–H groups in total. The Hall–Kier alpha value is -2.62. The summed E-state index contributed by atoms with van der Waals surface area (Å²) in [6.07, 6.45) is 0. The Labute approximate surface area is 209 Å². The summed E-state index contributed by atoms with van der Waals surface area (Å²) in [6, 6.07) is 0. The average Bonchev–Trinajstić information content (AvgIpc) is 2.92. The lowest BCUT2D eigenvalue weighted by Gasteiger charge is -2.32. The van der Waals surface area contributed by atoms with Gasteiger partial charge in [0.05, 0.1) is 52.9 Å². The number of morpholine rings is 2. The van der Waals surface area contributed by atoms with Gasteiger partial charge in [0, 0.05) is 52.4 Å². The van der Waals surface area contributed by atoms with Crippen molar-refractivity contribution in [3.8, 4) is 0 Å². The second-order valence-electron chi connectivity index (χ2n) is 8.46. The van der Waals surface area contributed by atoms with Crippen LogP contribution in [0.15, 0.2) is 0 Å². The summed E-state index contributed by atoms with van der Waals surface area (Å²) in [4.78, 5) is 27.1. The first-order chi connectivity index (χ1) is 17.7. The molecule has 2 saturated heterocycles. The van der Waals surface area contributed by atoms with Gasteiger partial charge in [-0.3, -0.25) is 0 Å². The van der Waals surface area contributed by atoms with Crippen LogP contribution in [0.2, 0.25) is 0 Å². The molecule has 0 amide bonds. The van der Waals surface area contributed by atoms with Crippen molar-refractivity contribution in [3.63, 3.8) is 0 Å². The standard InChI is InChI=1S/C22H36N8O6/c31-9-1-27(2-10-32)19-17-18(24-21(25-19)29-5-13-35-14-6-29)20(28(3-11-33)4-12-34)26-22(23-17)30-7-15-36-16-8-30/h31-34H,1-16H2. The van der Waals surface area contributed by atoms with E-state index in [1.165, 1.54) is 0 Å². The number of aliphatic hydroxyl groups is 4. The molecule has 2 aromatic heterocycles. The van der Waals surface area contributed by atoms with Crippen LogP contribution in [0.4, 0.5) is 23.5 Å². The molecule has 4 heterocycles. The minimum absolute atomic E-state index is 0.131. The van der Waals surface area contributed by atoms with Gasteiger partial charge in [-0.15, -0.1) is 0 Å². The summed E-state index contributed by atoms with van der Waals surface area (Å²) in [5, 5.41) is 39.0. The molecule has 2 fully saturated rings. The second-order valence-corrected chi connectivity index (χ2v) is 8.46. The lowest BCUT2D eigenvalue weighted by molar-refractivity contribution is 0.122. The van der Waals surface area contributed by atoms with Crippen molar-refractivity contribution in [3.05, 3.63) is 0 Å². The number of hydrogen-bond donors (Lipinski definition) is 4. The third-order valence-corrected chi connectivity index (χ3v) is 6.15. The minimum Gasteiger partial charge on any atom is -0.395 e. The molecule has 0 atom stereocenters. The van der Waals surface area contributed by atoms with E-state index in [1.807, 2.05) is 9.80 Å². The zero-order valence-electron chi connectivity index (χ0n) is 20.5. The van der Waals surface area contributed by atoms with E-state index in [0.717, 1.165) is 0 Å².